The van der Waals surface area contributed by atoms with Crippen molar-refractivity contribution in [2.24, 2.45) is 5.73 Å². The molecule has 0 saturated carbocycles. The van der Waals surface area contributed by atoms with Gasteiger partial charge in [-0.3, -0.25) is 4.79 Å². The lowest BCUT2D eigenvalue weighted by Gasteiger charge is -2.10. The van der Waals surface area contributed by atoms with Gasteiger partial charge in [0.15, 0.2) is 0 Å². The number of rotatable bonds is 3. The van der Waals surface area contributed by atoms with Crippen LogP contribution in [0.1, 0.15) is 11.1 Å². The first-order valence-electron chi connectivity index (χ1n) is 4.34. The van der Waals surface area contributed by atoms with Gasteiger partial charge in [-0.25, -0.2) is 0 Å². The quantitative estimate of drug-likeness (QED) is 0.612. The number of hydrogen-bond donors (Lipinski definition) is 3. The Bertz CT molecular complexity index is 350. The summed E-state index contributed by atoms with van der Waals surface area (Å²) >= 11 is 0. The molecule has 1 aromatic rings. The minimum Gasteiger partial charge on any atom is -0.480 e. The molecule has 0 aromatic heterocycles. The highest BCUT2D eigenvalue weighted by Gasteiger charge is 2.13. The molecule has 14 heavy (non-hydrogen) atoms. The summed E-state index contributed by atoms with van der Waals surface area (Å²) in [6.45, 7) is 1.88. The molecule has 0 fully saturated rings. The summed E-state index contributed by atoms with van der Waals surface area (Å²) in [5, 5.41) is 8.64. The minimum absolute atomic E-state index is 0.267. The van der Waals surface area contributed by atoms with Gasteiger partial charge in [0.2, 0.25) is 0 Å². The minimum atomic E-state index is -1.01. The van der Waals surface area contributed by atoms with Gasteiger partial charge in [0.05, 0.1) is 0 Å². The second-order valence-corrected chi connectivity index (χ2v) is 3.30. The van der Waals surface area contributed by atoms with Crippen molar-refractivity contribution < 1.29 is 9.90 Å². The number of anilines is 1. The Morgan fingerprint density at radius 3 is 2.79 bits per heavy atom. The summed E-state index contributed by atoms with van der Waals surface area (Å²) in [4.78, 5) is 10.5. The van der Waals surface area contributed by atoms with E-state index in [1.54, 1.807) is 6.07 Å². The maximum atomic E-state index is 10.5. The van der Waals surface area contributed by atoms with E-state index in [9.17, 15) is 4.79 Å². The fourth-order valence-electron chi connectivity index (χ4n) is 1.24. The molecular weight excluding hydrogens is 180 g/mol. The van der Waals surface area contributed by atoms with Crippen molar-refractivity contribution in [3.05, 3.63) is 29.3 Å². The molecule has 0 spiro atoms. The molecular formula is C10H14N2O2. The van der Waals surface area contributed by atoms with E-state index in [1.807, 2.05) is 19.1 Å². The van der Waals surface area contributed by atoms with Gasteiger partial charge >= 0.3 is 5.97 Å². The van der Waals surface area contributed by atoms with Crippen LogP contribution in [0.2, 0.25) is 0 Å². The number of nitrogens with two attached hydrogens (primary N) is 2. The Balaban J connectivity index is 2.87. The average molecular weight is 194 g/mol. The summed E-state index contributed by atoms with van der Waals surface area (Å²) in [7, 11) is 0. The van der Waals surface area contributed by atoms with Crippen LogP contribution >= 0.6 is 0 Å². The van der Waals surface area contributed by atoms with Crippen molar-refractivity contribution >= 4 is 11.7 Å². The van der Waals surface area contributed by atoms with Crippen LogP contribution in [0.5, 0.6) is 0 Å². The van der Waals surface area contributed by atoms with Crippen LogP contribution in [0, 0.1) is 6.92 Å². The number of aryl methyl sites for hydroxylation is 1. The lowest BCUT2D eigenvalue weighted by Crippen LogP contribution is -2.32. The van der Waals surface area contributed by atoms with Crippen molar-refractivity contribution in [2.75, 3.05) is 5.73 Å². The van der Waals surface area contributed by atoms with Crippen molar-refractivity contribution in [2.45, 2.75) is 19.4 Å². The predicted octanol–water partition coefficient (Wildman–Crippen LogP) is 0.532. The molecule has 0 amide bonds. The van der Waals surface area contributed by atoms with E-state index in [1.165, 1.54) is 0 Å². The molecule has 5 N–H and O–H groups in total. The van der Waals surface area contributed by atoms with Crippen molar-refractivity contribution in [1.29, 1.82) is 0 Å². The molecule has 4 heteroatoms. The number of carbonyl (C=O) groups is 1. The van der Waals surface area contributed by atoms with Gasteiger partial charge in [0.25, 0.3) is 0 Å². The van der Waals surface area contributed by atoms with Crippen LogP contribution in [0.3, 0.4) is 0 Å². The Labute approximate surface area is 82.5 Å². The van der Waals surface area contributed by atoms with Crippen LogP contribution in [0.4, 0.5) is 5.69 Å². The second kappa shape index (κ2) is 4.11. The summed E-state index contributed by atoms with van der Waals surface area (Å²) in [6, 6.07) is 4.63. The van der Waals surface area contributed by atoms with Gasteiger partial charge in [-0.2, -0.15) is 0 Å². The summed E-state index contributed by atoms with van der Waals surface area (Å²) in [6.07, 6.45) is 0.267. The molecule has 0 aliphatic rings. The highest BCUT2D eigenvalue weighted by atomic mass is 16.4. The Morgan fingerprint density at radius 1 is 1.57 bits per heavy atom. The maximum absolute atomic E-state index is 10.5. The molecule has 1 rings (SSSR count). The van der Waals surface area contributed by atoms with Crippen molar-refractivity contribution in [3.8, 4) is 0 Å². The largest absolute Gasteiger partial charge is 0.480 e. The Hall–Kier alpha value is -1.55. The summed E-state index contributed by atoms with van der Waals surface area (Å²) in [5.74, 6) is -1.01. The van der Waals surface area contributed by atoms with E-state index in [2.05, 4.69) is 0 Å². The molecule has 4 nitrogen and oxygen atoms in total. The lowest BCUT2D eigenvalue weighted by atomic mass is 10.0. The standard InChI is InChI=1S/C10H14N2O2/c1-6-3-2-4-7(9(6)12)5-8(11)10(13)14/h2-4,8H,5,11-12H2,1H3,(H,13,14)/t8-/m0/s1. The zero-order valence-corrected chi connectivity index (χ0v) is 8.03. The first kappa shape index (κ1) is 10.5. The van der Waals surface area contributed by atoms with Crippen LogP contribution in [-0.4, -0.2) is 17.1 Å². The molecule has 76 valence electrons. The first-order valence-corrected chi connectivity index (χ1v) is 4.34. The van der Waals surface area contributed by atoms with E-state index in [4.69, 9.17) is 16.6 Å². The number of carboxylic acid groups (broad SMARTS) is 1. The van der Waals surface area contributed by atoms with Crippen molar-refractivity contribution in [1.82, 2.24) is 0 Å². The molecule has 0 heterocycles. The van der Waals surface area contributed by atoms with E-state index in [-0.39, 0.29) is 6.42 Å². The maximum Gasteiger partial charge on any atom is 0.320 e. The molecule has 1 atom stereocenters. The molecule has 0 bridgehead atoms. The molecule has 0 radical (unpaired) electrons. The van der Waals surface area contributed by atoms with Crippen molar-refractivity contribution in [3.63, 3.8) is 0 Å². The summed E-state index contributed by atoms with van der Waals surface area (Å²) < 4.78 is 0. The van der Waals surface area contributed by atoms with Gasteiger partial charge in [0.1, 0.15) is 6.04 Å². The average Bonchev–Trinajstić information content (AvgIpc) is 2.12. The number of para-hydroxylation sites is 1. The number of aliphatic carboxylic acids is 1. The Morgan fingerprint density at radius 2 is 2.21 bits per heavy atom. The van der Waals surface area contributed by atoms with E-state index < -0.39 is 12.0 Å². The fraction of sp³-hybridized carbons (Fsp3) is 0.300. The third-order valence-corrected chi connectivity index (χ3v) is 2.17. The second-order valence-electron chi connectivity index (χ2n) is 3.30. The zero-order valence-electron chi connectivity index (χ0n) is 8.03. The SMILES string of the molecule is Cc1cccc(C[C@H](N)C(=O)O)c1N. The highest BCUT2D eigenvalue weighted by molar-refractivity contribution is 5.74. The zero-order chi connectivity index (χ0) is 10.7. The third-order valence-electron chi connectivity index (χ3n) is 2.17. The molecule has 1 aromatic carbocycles. The molecule has 0 aliphatic carbocycles. The smallest absolute Gasteiger partial charge is 0.320 e. The summed E-state index contributed by atoms with van der Waals surface area (Å²) in [5.41, 5.74) is 13.6. The predicted molar refractivity (Wildman–Crippen MR) is 54.9 cm³/mol. The van der Waals surface area contributed by atoms with Crippen LogP contribution in [-0.2, 0) is 11.2 Å². The van der Waals surface area contributed by atoms with Gasteiger partial charge in [-0.15, -0.1) is 0 Å². The fourth-order valence-corrected chi connectivity index (χ4v) is 1.24. The van der Waals surface area contributed by atoms with Gasteiger partial charge in [-0.05, 0) is 18.1 Å². The monoisotopic (exact) mass is 194 g/mol. The molecule has 0 aliphatic heterocycles. The normalized spacial score (nSPS) is 12.4. The topological polar surface area (TPSA) is 89.3 Å². The Kier molecular flexibility index (Phi) is 3.09. The number of hydrogen-bond acceptors (Lipinski definition) is 3. The number of benzene rings is 1. The lowest BCUT2D eigenvalue weighted by molar-refractivity contribution is -0.138. The first-order chi connectivity index (χ1) is 6.52. The highest BCUT2D eigenvalue weighted by Crippen LogP contribution is 2.17. The van der Waals surface area contributed by atoms with E-state index in [0.717, 1.165) is 11.1 Å². The van der Waals surface area contributed by atoms with Gasteiger partial charge < -0.3 is 16.6 Å². The third kappa shape index (κ3) is 2.23. The van der Waals surface area contributed by atoms with E-state index >= 15 is 0 Å². The molecule has 0 saturated heterocycles. The van der Waals surface area contributed by atoms with E-state index in [0.29, 0.717) is 5.69 Å². The number of nitrogen functional groups attached to an aromatic ring is 1. The van der Waals surface area contributed by atoms with Crippen LogP contribution in [0.15, 0.2) is 18.2 Å². The van der Waals surface area contributed by atoms with Crippen LogP contribution in [0.25, 0.3) is 0 Å². The molecule has 0 unspecified atom stereocenters. The van der Waals surface area contributed by atoms with Gasteiger partial charge in [-0.1, -0.05) is 18.2 Å². The van der Waals surface area contributed by atoms with Crippen LogP contribution < -0.4 is 11.5 Å². The van der Waals surface area contributed by atoms with Gasteiger partial charge in [0, 0.05) is 12.1 Å². The number of carboxylic acids is 1.